The van der Waals surface area contributed by atoms with E-state index in [2.05, 4.69) is 68.5 Å². The van der Waals surface area contributed by atoms with Gasteiger partial charge in [-0.3, -0.25) is 19.9 Å². The second-order valence-electron chi connectivity index (χ2n) is 10.4. The van der Waals surface area contributed by atoms with Crippen molar-refractivity contribution in [2.75, 3.05) is 0 Å². The molecule has 21 heteroatoms. The number of aromatic nitrogens is 4. The van der Waals surface area contributed by atoms with Crippen LogP contribution in [0.5, 0.6) is 0 Å². The van der Waals surface area contributed by atoms with Gasteiger partial charge in [0.1, 0.15) is 0 Å². The van der Waals surface area contributed by atoms with Gasteiger partial charge in [0, 0.05) is 67.5 Å². The molecule has 0 bridgehead atoms. The summed E-state index contributed by atoms with van der Waals surface area (Å²) in [5, 5.41) is 54.9. The first-order chi connectivity index (χ1) is 26.8. The molecule has 8 aromatic rings. The number of pyridine rings is 4. The van der Waals surface area contributed by atoms with Gasteiger partial charge in [-0.2, -0.15) is 0 Å². The van der Waals surface area contributed by atoms with Gasteiger partial charge in [-0.25, -0.2) is 0 Å². The van der Waals surface area contributed by atoms with Crippen LogP contribution in [0, 0.1) is 30.6 Å². The molecule has 17 nitrogen and oxygen atoms in total. The molecule has 0 saturated heterocycles. The van der Waals surface area contributed by atoms with E-state index in [9.17, 15) is 19.8 Å². The summed E-state index contributed by atoms with van der Waals surface area (Å²) >= 11 is 11.0. The Morgan fingerprint density at radius 1 is 0.424 bits per heavy atom. The second-order valence-corrected chi connectivity index (χ2v) is 11.2. The Balaban J connectivity index is 0.000000712. The fourth-order valence-corrected chi connectivity index (χ4v) is 5.04. The third kappa shape index (κ3) is 17.2. The van der Waals surface area contributed by atoms with Crippen LogP contribution in [0.15, 0.2) is 146 Å². The second kappa shape index (κ2) is 27.1. The average molecular weight is 921 g/mol. The van der Waals surface area contributed by atoms with Crippen molar-refractivity contribution >= 4 is 78.8 Å². The molecule has 8 rings (SSSR count). The first-order valence-corrected chi connectivity index (χ1v) is 16.3. The van der Waals surface area contributed by atoms with Crippen molar-refractivity contribution in [2.45, 2.75) is 0 Å². The summed E-state index contributed by atoms with van der Waals surface area (Å²) in [6.45, 7) is 0. The Hall–Kier alpha value is -6.56. The molecule has 0 aliphatic heterocycles. The van der Waals surface area contributed by atoms with Crippen LogP contribution in [-0.2, 0) is 39.6 Å². The van der Waals surface area contributed by atoms with Crippen molar-refractivity contribution in [1.29, 1.82) is 0 Å². The predicted molar refractivity (Wildman–Crippen MR) is 207 cm³/mol. The third-order valence-corrected chi connectivity index (χ3v) is 7.54. The number of hydrogen-bond acceptors (Lipinski definition) is 14. The predicted octanol–water partition coefficient (Wildman–Crippen LogP) is 6.37. The van der Waals surface area contributed by atoms with Crippen LogP contribution in [0.25, 0.3) is 43.6 Å². The van der Waals surface area contributed by atoms with E-state index in [0.29, 0.717) is 0 Å². The van der Waals surface area contributed by atoms with E-state index in [0.717, 1.165) is 43.6 Å². The minimum Gasteiger partial charge on any atom is -2.00 e. The van der Waals surface area contributed by atoms with Gasteiger partial charge in [0.15, 0.2) is 0 Å². The average Bonchev–Trinajstić information content (AvgIpc) is 3.18. The van der Waals surface area contributed by atoms with Gasteiger partial charge in [0.25, 0.3) is 0 Å². The zero-order chi connectivity index (χ0) is 41.0. The summed E-state index contributed by atoms with van der Waals surface area (Å²) in [5.41, 5.74) is 3.97. The summed E-state index contributed by atoms with van der Waals surface area (Å²) in [5.74, 6) is -2.49. The molecular formula is C38H24Cl2Mn2N6O11. The van der Waals surface area contributed by atoms with Gasteiger partial charge in [-0.15, -0.1) is 0 Å². The molecule has 0 aliphatic rings. The number of benzene rings is 4. The van der Waals surface area contributed by atoms with E-state index in [-0.39, 0.29) is 60.8 Å². The Morgan fingerprint density at radius 3 is 0.831 bits per heavy atom. The number of carboxylic acid groups (broad SMARTS) is 2. The van der Waals surface area contributed by atoms with Crippen molar-refractivity contribution in [3.8, 4) is 0 Å². The molecule has 0 saturated carbocycles. The summed E-state index contributed by atoms with van der Waals surface area (Å²) < 4.78 is 0. The number of aromatic carboxylic acids is 2. The Kier molecular flexibility index (Phi) is 24.1. The monoisotopic (exact) mass is 920 g/mol. The van der Waals surface area contributed by atoms with Gasteiger partial charge in [0.2, 0.25) is 0 Å². The molecule has 300 valence electrons. The van der Waals surface area contributed by atoms with Gasteiger partial charge in [-0.1, -0.05) is 108 Å². The molecule has 4 heterocycles. The minimum atomic E-state index is -1.75. The molecule has 4 aromatic heterocycles. The maximum atomic E-state index is 10.2. The van der Waals surface area contributed by atoms with E-state index in [1.54, 1.807) is 49.1 Å². The standard InChI is InChI=1S/2C12H8N2.2C7H5ClO2.2Mn.2NO3.O/c2*1-3-9-5-6-10-4-2-8-14-12(10)11(9)13-7-1;2*8-6-4-2-1-3-5(6)7(9)10;;;2*2-1(3)4;/h2*1-8H;2*1-4H,(H,9,10);;;;;/q;;;;2*+3;2*-1;-2/p-2. The van der Waals surface area contributed by atoms with E-state index in [4.69, 9.17) is 53.8 Å². The van der Waals surface area contributed by atoms with Crippen LogP contribution in [0.1, 0.15) is 20.7 Å². The summed E-state index contributed by atoms with van der Waals surface area (Å²) in [6.07, 6.45) is 7.21. The van der Waals surface area contributed by atoms with Crippen molar-refractivity contribution in [1.82, 2.24) is 19.9 Å². The van der Waals surface area contributed by atoms with Crippen LogP contribution < -0.4 is 10.2 Å². The summed E-state index contributed by atoms with van der Waals surface area (Å²) in [4.78, 5) is 54.3. The Bertz CT molecular complexity index is 2320. The quantitative estimate of drug-likeness (QED) is 0.0788. The fraction of sp³-hybridized carbons (Fsp3) is 0. The molecule has 0 radical (unpaired) electrons. The molecule has 0 fully saturated rings. The summed E-state index contributed by atoms with van der Waals surface area (Å²) in [7, 11) is 0. The minimum absolute atomic E-state index is 0. The van der Waals surface area contributed by atoms with E-state index >= 15 is 0 Å². The molecule has 0 amide bonds. The molecular weight excluding hydrogens is 897 g/mol. The zero-order valence-electron chi connectivity index (χ0n) is 29.5. The first kappa shape index (κ1) is 52.4. The van der Waals surface area contributed by atoms with Crippen LogP contribution in [-0.4, -0.2) is 42.0 Å². The van der Waals surface area contributed by atoms with E-state index in [1.807, 2.05) is 24.3 Å². The SMILES string of the molecule is O=C([O-])c1ccccc1Cl.O=C([O-])c1ccccc1Cl.O=[N+]([O-])[O-].O=[N+]([O-])[O-].[Mn+3].[Mn+3].[O-2].c1cnc2c(c1)ccc1cccnc12.c1cnc2c(c1)ccc1cccnc12. The van der Waals surface area contributed by atoms with Crippen molar-refractivity contribution < 1.29 is 69.6 Å². The van der Waals surface area contributed by atoms with Crippen molar-refractivity contribution in [3.05, 3.63) is 198 Å². The molecule has 0 unspecified atom stereocenters. The summed E-state index contributed by atoms with van der Waals surface area (Å²) in [6, 6.07) is 36.6. The van der Waals surface area contributed by atoms with Crippen LogP contribution >= 0.6 is 23.2 Å². The van der Waals surface area contributed by atoms with Crippen molar-refractivity contribution in [3.63, 3.8) is 0 Å². The number of carbonyl (C=O) groups is 2. The number of carbonyl (C=O) groups excluding carboxylic acids is 2. The molecule has 4 aromatic carbocycles. The molecule has 59 heavy (non-hydrogen) atoms. The molecule has 0 aliphatic carbocycles. The maximum Gasteiger partial charge on any atom is 3.00 e. The largest absolute Gasteiger partial charge is 3.00 e. The van der Waals surface area contributed by atoms with E-state index in [1.165, 1.54) is 24.3 Å². The number of carboxylic acids is 2. The van der Waals surface area contributed by atoms with Crippen LogP contribution in [0.2, 0.25) is 10.0 Å². The molecule has 0 spiro atoms. The van der Waals surface area contributed by atoms with Gasteiger partial charge < -0.3 is 55.9 Å². The van der Waals surface area contributed by atoms with Gasteiger partial charge >= 0.3 is 34.1 Å². The normalized spacial score (nSPS) is 9.12. The van der Waals surface area contributed by atoms with E-state index < -0.39 is 22.1 Å². The number of halogens is 2. The Labute approximate surface area is 364 Å². The topological polar surface area (TPSA) is 293 Å². The van der Waals surface area contributed by atoms with Gasteiger partial charge in [0.05, 0.1) is 44.2 Å². The zero-order valence-corrected chi connectivity index (χ0v) is 33.4. The van der Waals surface area contributed by atoms with Crippen LogP contribution in [0.4, 0.5) is 0 Å². The number of hydrogen-bond donors (Lipinski definition) is 0. The number of rotatable bonds is 2. The Morgan fingerprint density at radius 2 is 0.644 bits per heavy atom. The number of nitrogens with zero attached hydrogens (tertiary/aromatic N) is 6. The molecule has 0 N–H and O–H groups in total. The number of fused-ring (bicyclic) bond motifs is 6. The molecule has 0 atom stereocenters. The third-order valence-electron chi connectivity index (χ3n) is 6.88. The maximum absolute atomic E-state index is 10.2. The van der Waals surface area contributed by atoms with Crippen molar-refractivity contribution in [2.24, 2.45) is 0 Å². The van der Waals surface area contributed by atoms with Gasteiger partial charge in [-0.05, 0) is 36.4 Å². The fourth-order valence-electron chi connectivity index (χ4n) is 4.61. The first-order valence-electron chi connectivity index (χ1n) is 15.5. The smallest absolute Gasteiger partial charge is 2.00 e. The van der Waals surface area contributed by atoms with Crippen LogP contribution in [0.3, 0.4) is 0 Å².